The number of benzene rings is 1. The van der Waals surface area contributed by atoms with E-state index < -0.39 is 0 Å². The quantitative estimate of drug-likeness (QED) is 0.793. The first-order valence-corrected chi connectivity index (χ1v) is 6.33. The fraction of sp³-hybridized carbons (Fsp3) is 0.462. The molecule has 1 rings (SSSR count). The molecular formula is C13H18ClNO2. The zero-order valence-electron chi connectivity index (χ0n) is 10.0. The standard InChI is InChI=1S/C13H18ClNO2/c1-2-15(9-5-8-14)13(17)10-11-6-3-4-7-12(11)16/h3-4,6-7,16H,2,5,8-10H2,1H3. The van der Waals surface area contributed by atoms with Gasteiger partial charge in [-0.1, -0.05) is 18.2 Å². The van der Waals surface area contributed by atoms with Crippen LogP contribution >= 0.6 is 11.6 Å². The van der Waals surface area contributed by atoms with Gasteiger partial charge in [0.1, 0.15) is 5.75 Å². The van der Waals surface area contributed by atoms with Crippen molar-refractivity contribution in [2.45, 2.75) is 19.8 Å². The molecule has 94 valence electrons. The van der Waals surface area contributed by atoms with Crippen LogP contribution in [0.5, 0.6) is 5.75 Å². The summed E-state index contributed by atoms with van der Waals surface area (Å²) in [7, 11) is 0. The van der Waals surface area contributed by atoms with Crippen LogP contribution in [0.4, 0.5) is 0 Å². The molecule has 0 aromatic heterocycles. The third kappa shape index (κ3) is 4.27. The average Bonchev–Trinajstić information content (AvgIpc) is 2.33. The van der Waals surface area contributed by atoms with Gasteiger partial charge < -0.3 is 10.0 Å². The number of alkyl halides is 1. The van der Waals surface area contributed by atoms with E-state index in [0.717, 1.165) is 6.42 Å². The second-order valence-electron chi connectivity index (χ2n) is 3.82. The fourth-order valence-corrected chi connectivity index (χ4v) is 1.76. The molecule has 3 nitrogen and oxygen atoms in total. The molecule has 0 unspecified atom stereocenters. The van der Waals surface area contributed by atoms with Crippen LogP contribution in [-0.4, -0.2) is 34.9 Å². The Bertz CT molecular complexity index is 368. The van der Waals surface area contributed by atoms with Crippen molar-refractivity contribution in [3.8, 4) is 5.75 Å². The average molecular weight is 256 g/mol. The monoisotopic (exact) mass is 255 g/mol. The van der Waals surface area contributed by atoms with Crippen LogP contribution in [0.3, 0.4) is 0 Å². The highest BCUT2D eigenvalue weighted by atomic mass is 35.5. The van der Waals surface area contributed by atoms with Gasteiger partial charge >= 0.3 is 0 Å². The second kappa shape index (κ2) is 7.17. The van der Waals surface area contributed by atoms with Gasteiger partial charge in [0.2, 0.25) is 5.91 Å². The van der Waals surface area contributed by atoms with Crippen LogP contribution in [0.2, 0.25) is 0 Å². The summed E-state index contributed by atoms with van der Waals surface area (Å²) in [6.45, 7) is 3.28. The molecule has 0 atom stereocenters. The number of hydrogen-bond donors (Lipinski definition) is 1. The Balaban J connectivity index is 2.61. The van der Waals surface area contributed by atoms with Crippen molar-refractivity contribution in [2.75, 3.05) is 19.0 Å². The van der Waals surface area contributed by atoms with Gasteiger partial charge in [-0.05, 0) is 19.4 Å². The molecule has 1 amide bonds. The summed E-state index contributed by atoms with van der Waals surface area (Å²) in [6, 6.07) is 6.92. The summed E-state index contributed by atoms with van der Waals surface area (Å²) in [5.74, 6) is 0.758. The molecule has 0 saturated carbocycles. The van der Waals surface area contributed by atoms with Crippen molar-refractivity contribution < 1.29 is 9.90 Å². The number of halogens is 1. The van der Waals surface area contributed by atoms with E-state index in [4.69, 9.17) is 11.6 Å². The number of phenols is 1. The summed E-state index contributed by atoms with van der Waals surface area (Å²) < 4.78 is 0. The Labute approximate surface area is 107 Å². The normalized spacial score (nSPS) is 10.2. The summed E-state index contributed by atoms with van der Waals surface area (Å²) >= 11 is 5.61. The first-order valence-electron chi connectivity index (χ1n) is 5.79. The van der Waals surface area contributed by atoms with Crippen LogP contribution in [0.15, 0.2) is 24.3 Å². The van der Waals surface area contributed by atoms with Gasteiger partial charge in [0.25, 0.3) is 0 Å². The number of carbonyl (C=O) groups is 1. The minimum Gasteiger partial charge on any atom is -0.508 e. The summed E-state index contributed by atoms with van der Waals surface area (Å²) in [5, 5.41) is 9.60. The lowest BCUT2D eigenvalue weighted by molar-refractivity contribution is -0.130. The Morgan fingerprint density at radius 1 is 1.41 bits per heavy atom. The van der Waals surface area contributed by atoms with Gasteiger partial charge in [-0.2, -0.15) is 0 Å². The zero-order valence-corrected chi connectivity index (χ0v) is 10.8. The maximum Gasteiger partial charge on any atom is 0.227 e. The Morgan fingerprint density at radius 3 is 2.71 bits per heavy atom. The largest absolute Gasteiger partial charge is 0.508 e. The molecule has 1 aromatic rings. The van der Waals surface area contributed by atoms with Gasteiger partial charge in [0, 0.05) is 24.5 Å². The maximum atomic E-state index is 12.0. The van der Waals surface area contributed by atoms with Crippen molar-refractivity contribution in [1.29, 1.82) is 0 Å². The predicted molar refractivity (Wildman–Crippen MR) is 69.4 cm³/mol. The molecule has 1 aromatic carbocycles. The number of hydrogen-bond acceptors (Lipinski definition) is 2. The number of rotatable bonds is 6. The molecule has 0 spiro atoms. The first-order chi connectivity index (χ1) is 8.19. The minimum atomic E-state index is 0.0270. The number of carbonyl (C=O) groups excluding carboxylic acids is 1. The summed E-state index contributed by atoms with van der Waals surface area (Å²) in [6.07, 6.45) is 1.03. The zero-order chi connectivity index (χ0) is 12.7. The van der Waals surface area contributed by atoms with E-state index in [1.54, 1.807) is 23.1 Å². The highest BCUT2D eigenvalue weighted by molar-refractivity contribution is 6.17. The van der Waals surface area contributed by atoms with Gasteiger partial charge in [0.05, 0.1) is 6.42 Å². The van der Waals surface area contributed by atoms with E-state index in [-0.39, 0.29) is 18.1 Å². The van der Waals surface area contributed by atoms with E-state index in [2.05, 4.69) is 0 Å². The topological polar surface area (TPSA) is 40.5 Å². The molecular weight excluding hydrogens is 238 g/mol. The first kappa shape index (κ1) is 13.8. The molecule has 0 aliphatic rings. The molecule has 0 aliphatic carbocycles. The van der Waals surface area contributed by atoms with Crippen LogP contribution in [0.25, 0.3) is 0 Å². The van der Waals surface area contributed by atoms with Crippen molar-refractivity contribution in [3.63, 3.8) is 0 Å². The number of amides is 1. The molecule has 0 radical (unpaired) electrons. The smallest absolute Gasteiger partial charge is 0.227 e. The van der Waals surface area contributed by atoms with Crippen molar-refractivity contribution in [2.24, 2.45) is 0 Å². The van der Waals surface area contributed by atoms with Gasteiger partial charge in [-0.15, -0.1) is 11.6 Å². The van der Waals surface area contributed by atoms with Crippen LogP contribution in [0, 0.1) is 0 Å². The second-order valence-corrected chi connectivity index (χ2v) is 4.20. The molecule has 0 bridgehead atoms. The van der Waals surface area contributed by atoms with E-state index in [9.17, 15) is 9.90 Å². The predicted octanol–water partition coefficient (Wildman–Crippen LogP) is 2.41. The molecule has 4 heteroatoms. The van der Waals surface area contributed by atoms with E-state index >= 15 is 0 Å². The van der Waals surface area contributed by atoms with E-state index in [0.29, 0.717) is 24.5 Å². The molecule has 0 aliphatic heterocycles. The highest BCUT2D eigenvalue weighted by Gasteiger charge is 2.13. The fourth-order valence-electron chi connectivity index (χ4n) is 1.64. The summed E-state index contributed by atoms with van der Waals surface area (Å²) in [5.41, 5.74) is 0.668. The molecule has 17 heavy (non-hydrogen) atoms. The lowest BCUT2D eigenvalue weighted by atomic mass is 10.1. The third-order valence-electron chi connectivity index (χ3n) is 2.63. The summed E-state index contributed by atoms with van der Waals surface area (Å²) in [4.78, 5) is 13.7. The van der Waals surface area contributed by atoms with Crippen LogP contribution in [-0.2, 0) is 11.2 Å². The van der Waals surface area contributed by atoms with Gasteiger partial charge in [0.15, 0.2) is 0 Å². The van der Waals surface area contributed by atoms with Crippen molar-refractivity contribution in [1.82, 2.24) is 4.90 Å². The van der Waals surface area contributed by atoms with Gasteiger partial charge in [-0.3, -0.25) is 4.79 Å². The van der Waals surface area contributed by atoms with Crippen LogP contribution < -0.4 is 0 Å². The Kier molecular flexibility index (Phi) is 5.84. The number of nitrogens with zero attached hydrogens (tertiary/aromatic N) is 1. The minimum absolute atomic E-state index is 0.0270. The number of phenolic OH excluding ortho intramolecular Hbond substituents is 1. The Morgan fingerprint density at radius 2 is 2.12 bits per heavy atom. The molecule has 1 N–H and O–H groups in total. The number of likely N-dealkylation sites (N-methyl/N-ethyl adjacent to an activating group) is 1. The van der Waals surface area contributed by atoms with Crippen molar-refractivity contribution >= 4 is 17.5 Å². The Hall–Kier alpha value is -1.22. The molecule has 0 heterocycles. The third-order valence-corrected chi connectivity index (χ3v) is 2.90. The van der Waals surface area contributed by atoms with Crippen molar-refractivity contribution in [3.05, 3.63) is 29.8 Å². The molecule has 0 saturated heterocycles. The SMILES string of the molecule is CCN(CCCCl)C(=O)Cc1ccccc1O. The van der Waals surface area contributed by atoms with Gasteiger partial charge in [-0.25, -0.2) is 0 Å². The van der Waals surface area contributed by atoms with Crippen LogP contribution in [0.1, 0.15) is 18.9 Å². The lowest BCUT2D eigenvalue weighted by Crippen LogP contribution is -2.33. The van der Waals surface area contributed by atoms with E-state index in [1.807, 2.05) is 13.0 Å². The number of para-hydroxylation sites is 1. The lowest BCUT2D eigenvalue weighted by Gasteiger charge is -2.20. The van der Waals surface area contributed by atoms with E-state index in [1.165, 1.54) is 0 Å². The maximum absolute atomic E-state index is 12.0. The highest BCUT2D eigenvalue weighted by Crippen LogP contribution is 2.16. The molecule has 0 fully saturated rings. The number of aromatic hydroxyl groups is 1.